The Balaban J connectivity index is 1.65. The Morgan fingerprint density at radius 3 is 2.71 bits per heavy atom. The molecule has 28 heavy (non-hydrogen) atoms. The highest BCUT2D eigenvalue weighted by Crippen LogP contribution is 2.29. The van der Waals surface area contributed by atoms with Crippen molar-refractivity contribution in [1.29, 1.82) is 5.26 Å². The van der Waals surface area contributed by atoms with Crippen molar-refractivity contribution in [3.63, 3.8) is 0 Å². The molecule has 0 spiro atoms. The lowest BCUT2D eigenvalue weighted by Gasteiger charge is -2.34. The zero-order valence-electron chi connectivity index (χ0n) is 16.4. The summed E-state index contributed by atoms with van der Waals surface area (Å²) >= 11 is 0. The second-order valence-electron chi connectivity index (χ2n) is 7.43. The normalized spacial score (nSPS) is 21.7. The number of aryl methyl sites for hydroxylation is 1. The fourth-order valence-electron chi connectivity index (χ4n) is 3.77. The molecule has 0 bridgehead atoms. The van der Waals surface area contributed by atoms with Gasteiger partial charge in [0.1, 0.15) is 23.0 Å². The maximum atomic E-state index is 12.5. The molecule has 1 N–H and O–H groups in total. The number of nitrogens with one attached hydrogen (secondary N) is 1. The number of carbonyl (C=O) groups is 2. The molecular formula is C21H25N3O4. The van der Waals surface area contributed by atoms with Gasteiger partial charge in [-0.1, -0.05) is 26.7 Å². The van der Waals surface area contributed by atoms with Gasteiger partial charge in [0.05, 0.1) is 0 Å². The zero-order chi connectivity index (χ0) is 20.3. The maximum absolute atomic E-state index is 12.5. The summed E-state index contributed by atoms with van der Waals surface area (Å²) in [5.41, 5.74) is 0.146. The molecule has 2 heterocycles. The maximum Gasteiger partial charge on any atom is 0.343 e. The molecule has 2 aromatic rings. The summed E-state index contributed by atoms with van der Waals surface area (Å²) in [4.78, 5) is 24.8. The minimum absolute atomic E-state index is 0.0543. The van der Waals surface area contributed by atoms with E-state index in [1.54, 1.807) is 36.0 Å². The van der Waals surface area contributed by atoms with Crippen LogP contribution in [0.4, 0.5) is 0 Å². The number of rotatable bonds is 5. The predicted molar refractivity (Wildman–Crippen MR) is 102 cm³/mol. The van der Waals surface area contributed by atoms with Gasteiger partial charge in [-0.25, -0.2) is 4.79 Å². The van der Waals surface area contributed by atoms with Crippen LogP contribution in [0, 0.1) is 30.1 Å². The van der Waals surface area contributed by atoms with E-state index in [1.807, 2.05) is 6.07 Å². The van der Waals surface area contributed by atoms with Gasteiger partial charge >= 0.3 is 5.97 Å². The summed E-state index contributed by atoms with van der Waals surface area (Å²) in [5.74, 6) is 0.409. The molecule has 1 aliphatic carbocycles. The fraction of sp³-hybridized carbons (Fsp3) is 0.476. The monoisotopic (exact) mass is 383 g/mol. The highest BCUT2D eigenvalue weighted by atomic mass is 16.5. The van der Waals surface area contributed by atoms with E-state index in [9.17, 15) is 14.9 Å². The van der Waals surface area contributed by atoms with Gasteiger partial charge in [0.15, 0.2) is 6.61 Å². The Labute approximate surface area is 164 Å². The van der Waals surface area contributed by atoms with Crippen LogP contribution in [0.5, 0.6) is 0 Å². The number of nitriles is 1. The second kappa shape index (κ2) is 8.34. The fourth-order valence-corrected chi connectivity index (χ4v) is 3.77. The number of aromatic nitrogens is 1. The van der Waals surface area contributed by atoms with Crippen LogP contribution in [0.1, 0.15) is 54.8 Å². The van der Waals surface area contributed by atoms with Crippen molar-refractivity contribution >= 4 is 11.9 Å². The summed E-state index contributed by atoms with van der Waals surface area (Å²) in [6, 6.07) is 5.67. The molecule has 1 saturated carbocycles. The van der Waals surface area contributed by atoms with Crippen molar-refractivity contribution in [2.45, 2.75) is 46.1 Å². The van der Waals surface area contributed by atoms with E-state index < -0.39 is 5.97 Å². The van der Waals surface area contributed by atoms with Crippen molar-refractivity contribution < 1.29 is 18.7 Å². The quantitative estimate of drug-likeness (QED) is 0.799. The average molecular weight is 383 g/mol. The standard InChI is InChI=1S/C21H25N3O4/c1-13-7-6-8-17(14(13)2)23-18(25)12-27-21(26)19-15(3)28-20(16(19)11-22)24-9-4-5-10-24/h4-5,9-10,13-14,17H,6-8,12H2,1-3H3,(H,23,25)/t13-,14+,17+/m1/s1. The van der Waals surface area contributed by atoms with E-state index in [-0.39, 0.29) is 41.3 Å². The molecule has 0 aromatic carbocycles. The molecule has 2 aromatic heterocycles. The molecule has 3 atom stereocenters. The third-order valence-electron chi connectivity index (χ3n) is 5.61. The number of carbonyl (C=O) groups excluding carboxylic acids is 2. The molecule has 0 aliphatic heterocycles. The average Bonchev–Trinajstić information content (AvgIpc) is 3.30. The third kappa shape index (κ3) is 3.96. The molecule has 1 aliphatic rings. The molecule has 1 amide bonds. The van der Waals surface area contributed by atoms with E-state index in [0.29, 0.717) is 11.8 Å². The summed E-state index contributed by atoms with van der Waals surface area (Å²) in [6.07, 6.45) is 6.62. The minimum Gasteiger partial charge on any atom is -0.452 e. The van der Waals surface area contributed by atoms with Gasteiger partial charge in [-0.2, -0.15) is 5.26 Å². The van der Waals surface area contributed by atoms with Crippen LogP contribution in [-0.4, -0.2) is 29.1 Å². The Morgan fingerprint density at radius 2 is 2.04 bits per heavy atom. The van der Waals surface area contributed by atoms with E-state index in [1.165, 1.54) is 6.42 Å². The Bertz CT molecular complexity index is 892. The lowest BCUT2D eigenvalue weighted by molar-refractivity contribution is -0.125. The highest BCUT2D eigenvalue weighted by molar-refractivity contribution is 5.95. The van der Waals surface area contributed by atoms with Gasteiger partial charge in [0, 0.05) is 18.4 Å². The number of hydrogen-bond donors (Lipinski definition) is 1. The smallest absolute Gasteiger partial charge is 0.343 e. The number of esters is 1. The van der Waals surface area contributed by atoms with Crippen LogP contribution in [0.25, 0.3) is 5.88 Å². The Kier molecular flexibility index (Phi) is 5.88. The molecule has 0 unspecified atom stereocenters. The number of ether oxygens (including phenoxy) is 1. The predicted octanol–water partition coefficient (Wildman–Crippen LogP) is 3.35. The first kappa shape index (κ1) is 19.7. The summed E-state index contributed by atoms with van der Waals surface area (Å²) < 4.78 is 12.4. The number of nitrogens with zero attached hydrogens (tertiary/aromatic N) is 2. The highest BCUT2D eigenvalue weighted by Gasteiger charge is 2.29. The summed E-state index contributed by atoms with van der Waals surface area (Å²) in [7, 11) is 0. The molecule has 0 saturated heterocycles. The largest absolute Gasteiger partial charge is 0.452 e. The van der Waals surface area contributed by atoms with Crippen LogP contribution in [0.3, 0.4) is 0 Å². The van der Waals surface area contributed by atoms with Crippen LogP contribution in [0.2, 0.25) is 0 Å². The first-order chi connectivity index (χ1) is 13.4. The van der Waals surface area contributed by atoms with E-state index in [4.69, 9.17) is 9.15 Å². The van der Waals surface area contributed by atoms with E-state index in [2.05, 4.69) is 19.2 Å². The van der Waals surface area contributed by atoms with Crippen molar-refractivity contribution in [3.05, 3.63) is 41.4 Å². The van der Waals surface area contributed by atoms with Gasteiger partial charge < -0.3 is 14.5 Å². The van der Waals surface area contributed by atoms with E-state index >= 15 is 0 Å². The lowest BCUT2D eigenvalue weighted by atomic mass is 9.78. The van der Waals surface area contributed by atoms with Gasteiger partial charge in [0.2, 0.25) is 5.88 Å². The van der Waals surface area contributed by atoms with Gasteiger partial charge in [-0.15, -0.1) is 0 Å². The molecule has 148 valence electrons. The van der Waals surface area contributed by atoms with Gasteiger partial charge in [-0.3, -0.25) is 9.36 Å². The SMILES string of the molecule is Cc1oc(-n2cccc2)c(C#N)c1C(=O)OCC(=O)N[C@H]1CCC[C@@H](C)[C@@H]1C. The Morgan fingerprint density at radius 1 is 1.32 bits per heavy atom. The van der Waals surface area contributed by atoms with Gasteiger partial charge in [-0.05, 0) is 37.3 Å². The van der Waals surface area contributed by atoms with Crippen molar-refractivity contribution in [2.75, 3.05) is 6.61 Å². The van der Waals surface area contributed by atoms with Crippen LogP contribution in [0.15, 0.2) is 28.9 Å². The Hall–Kier alpha value is -3.01. The molecule has 7 nitrogen and oxygen atoms in total. The topological polar surface area (TPSA) is 97.3 Å². The minimum atomic E-state index is -0.739. The number of amides is 1. The second-order valence-corrected chi connectivity index (χ2v) is 7.43. The zero-order valence-corrected chi connectivity index (χ0v) is 16.4. The van der Waals surface area contributed by atoms with Crippen molar-refractivity contribution in [1.82, 2.24) is 9.88 Å². The molecule has 1 fully saturated rings. The lowest BCUT2D eigenvalue weighted by Crippen LogP contribution is -2.45. The number of furan rings is 1. The molecule has 0 radical (unpaired) electrons. The summed E-state index contributed by atoms with van der Waals surface area (Å²) in [5, 5.41) is 12.5. The van der Waals surface area contributed by atoms with Crippen LogP contribution < -0.4 is 5.32 Å². The molecule has 7 heteroatoms. The molecule has 3 rings (SSSR count). The van der Waals surface area contributed by atoms with Gasteiger partial charge in [0.25, 0.3) is 5.91 Å². The van der Waals surface area contributed by atoms with Crippen LogP contribution in [-0.2, 0) is 9.53 Å². The van der Waals surface area contributed by atoms with Crippen molar-refractivity contribution in [3.8, 4) is 12.0 Å². The van der Waals surface area contributed by atoms with Crippen LogP contribution >= 0.6 is 0 Å². The third-order valence-corrected chi connectivity index (χ3v) is 5.61. The number of hydrogen-bond acceptors (Lipinski definition) is 5. The molecular weight excluding hydrogens is 358 g/mol. The first-order valence-electron chi connectivity index (χ1n) is 9.55. The van der Waals surface area contributed by atoms with E-state index in [0.717, 1.165) is 12.8 Å². The van der Waals surface area contributed by atoms with Crippen molar-refractivity contribution in [2.24, 2.45) is 11.8 Å². The summed E-state index contributed by atoms with van der Waals surface area (Å²) in [6.45, 7) is 5.54. The first-order valence-corrected chi connectivity index (χ1v) is 9.55.